The Balaban J connectivity index is 2.56. The summed E-state index contributed by atoms with van der Waals surface area (Å²) in [6.45, 7) is 1.87. The van der Waals surface area contributed by atoms with E-state index in [4.69, 9.17) is 11.6 Å². The third-order valence-corrected chi connectivity index (χ3v) is 2.63. The summed E-state index contributed by atoms with van der Waals surface area (Å²) >= 11 is 5.65. The van der Waals surface area contributed by atoms with Gasteiger partial charge in [-0.2, -0.15) is 5.10 Å². The Morgan fingerprint density at radius 1 is 1.47 bits per heavy atom. The second kappa shape index (κ2) is 4.55. The molecule has 0 spiro atoms. The van der Waals surface area contributed by atoms with Crippen molar-refractivity contribution in [2.24, 2.45) is 0 Å². The van der Waals surface area contributed by atoms with Gasteiger partial charge in [0.25, 0.3) is 5.69 Å². The second-order valence-electron chi connectivity index (χ2n) is 3.63. The summed E-state index contributed by atoms with van der Waals surface area (Å²) in [7, 11) is 0. The van der Waals surface area contributed by atoms with Gasteiger partial charge in [0, 0.05) is 12.3 Å². The van der Waals surface area contributed by atoms with Crippen LogP contribution >= 0.6 is 11.6 Å². The minimum atomic E-state index is -0.420. The average molecular weight is 252 g/mol. The van der Waals surface area contributed by atoms with E-state index in [2.05, 4.69) is 5.10 Å². The Bertz CT molecular complexity index is 566. The van der Waals surface area contributed by atoms with E-state index in [0.29, 0.717) is 11.4 Å². The number of halogens is 1. The molecule has 0 aliphatic rings. The maximum Gasteiger partial charge on any atom is 0.294 e. The summed E-state index contributed by atoms with van der Waals surface area (Å²) in [6, 6.07) is 6.64. The van der Waals surface area contributed by atoms with E-state index in [9.17, 15) is 10.1 Å². The van der Waals surface area contributed by atoms with Crippen LogP contribution in [0.4, 0.5) is 5.69 Å². The van der Waals surface area contributed by atoms with Crippen molar-refractivity contribution in [1.29, 1.82) is 0 Å². The molecule has 88 valence electrons. The lowest BCUT2D eigenvalue weighted by Gasteiger charge is -2.03. The first-order chi connectivity index (χ1) is 8.11. The van der Waals surface area contributed by atoms with E-state index in [-0.39, 0.29) is 11.6 Å². The maximum atomic E-state index is 10.9. The zero-order valence-corrected chi connectivity index (χ0v) is 9.89. The number of alkyl halides is 1. The standard InChI is InChI=1S/C11H10ClN3O2/c1-8-2-3-10(15(16)17)11(6-8)14-5-4-9(7-12)13-14/h2-6H,7H2,1H3. The molecule has 0 N–H and O–H groups in total. The molecule has 0 unspecified atom stereocenters. The molecule has 5 nitrogen and oxygen atoms in total. The minimum Gasteiger partial charge on any atom is -0.258 e. The zero-order chi connectivity index (χ0) is 12.4. The number of nitro benzene ring substituents is 1. The fourth-order valence-corrected chi connectivity index (χ4v) is 1.68. The van der Waals surface area contributed by atoms with Gasteiger partial charge in [-0.05, 0) is 24.6 Å². The van der Waals surface area contributed by atoms with Crippen molar-refractivity contribution in [1.82, 2.24) is 9.78 Å². The predicted octanol–water partition coefficient (Wildman–Crippen LogP) is 2.83. The van der Waals surface area contributed by atoms with Crippen LogP contribution in [0.15, 0.2) is 30.5 Å². The number of rotatable bonds is 3. The van der Waals surface area contributed by atoms with Crippen LogP contribution in [0.3, 0.4) is 0 Å². The lowest BCUT2D eigenvalue weighted by Crippen LogP contribution is -2.01. The van der Waals surface area contributed by atoms with Crippen molar-refractivity contribution in [2.75, 3.05) is 0 Å². The van der Waals surface area contributed by atoms with Crippen LogP contribution in [0, 0.1) is 17.0 Å². The quantitative estimate of drug-likeness (QED) is 0.479. The van der Waals surface area contributed by atoms with E-state index >= 15 is 0 Å². The van der Waals surface area contributed by atoms with Crippen LogP contribution in [0.5, 0.6) is 0 Å². The van der Waals surface area contributed by atoms with Crippen LogP contribution < -0.4 is 0 Å². The summed E-state index contributed by atoms with van der Waals surface area (Å²) in [6.07, 6.45) is 1.67. The number of aromatic nitrogens is 2. The van der Waals surface area contributed by atoms with Crippen LogP contribution in [-0.4, -0.2) is 14.7 Å². The third-order valence-electron chi connectivity index (χ3n) is 2.36. The third kappa shape index (κ3) is 2.29. The highest BCUT2D eigenvalue weighted by Gasteiger charge is 2.15. The molecule has 0 saturated heterocycles. The van der Waals surface area contributed by atoms with E-state index in [0.717, 1.165) is 5.56 Å². The Kier molecular flexibility index (Phi) is 3.10. The molecule has 1 aromatic heterocycles. The van der Waals surface area contributed by atoms with Crippen molar-refractivity contribution in [2.45, 2.75) is 12.8 Å². The predicted molar refractivity (Wildman–Crippen MR) is 64.5 cm³/mol. The highest BCUT2D eigenvalue weighted by molar-refractivity contribution is 6.16. The van der Waals surface area contributed by atoms with Gasteiger partial charge in [0.1, 0.15) is 5.69 Å². The van der Waals surface area contributed by atoms with Gasteiger partial charge in [0.15, 0.2) is 0 Å². The lowest BCUT2D eigenvalue weighted by atomic mass is 10.2. The molecule has 1 heterocycles. The van der Waals surface area contributed by atoms with Crippen LogP contribution in [0.25, 0.3) is 5.69 Å². The van der Waals surface area contributed by atoms with Crippen molar-refractivity contribution in [3.63, 3.8) is 0 Å². The van der Waals surface area contributed by atoms with Gasteiger partial charge in [-0.1, -0.05) is 6.07 Å². The Morgan fingerprint density at radius 2 is 2.24 bits per heavy atom. The lowest BCUT2D eigenvalue weighted by molar-refractivity contribution is -0.384. The van der Waals surface area contributed by atoms with Gasteiger partial charge in [-0.3, -0.25) is 10.1 Å². The van der Waals surface area contributed by atoms with E-state index in [1.165, 1.54) is 10.7 Å². The number of nitrogens with zero attached hydrogens (tertiary/aromatic N) is 3. The average Bonchev–Trinajstić information content (AvgIpc) is 2.76. The Labute approximate surface area is 103 Å². The Morgan fingerprint density at radius 3 is 2.82 bits per heavy atom. The van der Waals surface area contributed by atoms with Gasteiger partial charge in [-0.15, -0.1) is 11.6 Å². The SMILES string of the molecule is Cc1ccc([N+](=O)[O-])c(-n2ccc(CCl)n2)c1. The first-order valence-electron chi connectivity index (χ1n) is 4.98. The molecule has 0 aliphatic heterocycles. The van der Waals surface area contributed by atoms with Crippen molar-refractivity contribution in [3.05, 3.63) is 51.8 Å². The van der Waals surface area contributed by atoms with Crippen molar-refractivity contribution < 1.29 is 4.92 Å². The van der Waals surface area contributed by atoms with Gasteiger partial charge < -0.3 is 0 Å². The molecular formula is C11H10ClN3O2. The zero-order valence-electron chi connectivity index (χ0n) is 9.13. The van der Waals surface area contributed by atoms with E-state index in [1.807, 2.05) is 6.92 Å². The van der Waals surface area contributed by atoms with Crippen LogP contribution in [-0.2, 0) is 5.88 Å². The molecule has 1 aromatic carbocycles. The van der Waals surface area contributed by atoms with Gasteiger partial charge in [0.2, 0.25) is 0 Å². The maximum absolute atomic E-state index is 10.9. The molecule has 0 aliphatic carbocycles. The number of benzene rings is 1. The summed E-state index contributed by atoms with van der Waals surface area (Å²) in [4.78, 5) is 10.5. The molecule has 0 amide bonds. The molecule has 17 heavy (non-hydrogen) atoms. The fraction of sp³-hybridized carbons (Fsp3) is 0.182. The first kappa shape index (κ1) is 11.6. The molecule has 6 heteroatoms. The summed E-state index contributed by atoms with van der Waals surface area (Å²) in [5.74, 6) is 0.284. The monoisotopic (exact) mass is 251 g/mol. The van der Waals surface area contributed by atoms with Gasteiger partial charge >= 0.3 is 0 Å². The van der Waals surface area contributed by atoms with E-state index in [1.54, 1.807) is 24.4 Å². The molecule has 2 aromatic rings. The number of aryl methyl sites for hydroxylation is 1. The second-order valence-corrected chi connectivity index (χ2v) is 3.90. The molecule has 0 saturated carbocycles. The molecule has 0 radical (unpaired) electrons. The summed E-state index contributed by atoms with van der Waals surface area (Å²) in [5.41, 5.74) is 2.10. The molecule has 0 fully saturated rings. The highest BCUT2D eigenvalue weighted by Crippen LogP contribution is 2.23. The van der Waals surface area contributed by atoms with Crippen molar-refractivity contribution >= 4 is 17.3 Å². The Hall–Kier alpha value is -1.88. The summed E-state index contributed by atoms with van der Waals surface area (Å²) in [5, 5.41) is 15.1. The van der Waals surface area contributed by atoms with Crippen LogP contribution in [0.1, 0.15) is 11.3 Å². The number of hydrogen-bond acceptors (Lipinski definition) is 3. The normalized spacial score (nSPS) is 10.5. The fourth-order valence-electron chi connectivity index (χ4n) is 1.54. The summed E-state index contributed by atoms with van der Waals surface area (Å²) < 4.78 is 1.48. The topological polar surface area (TPSA) is 61.0 Å². The van der Waals surface area contributed by atoms with Crippen LogP contribution in [0.2, 0.25) is 0 Å². The first-order valence-corrected chi connectivity index (χ1v) is 5.51. The van der Waals surface area contributed by atoms with Gasteiger partial charge in [-0.25, -0.2) is 4.68 Å². The van der Waals surface area contributed by atoms with Crippen molar-refractivity contribution in [3.8, 4) is 5.69 Å². The highest BCUT2D eigenvalue weighted by atomic mass is 35.5. The molecule has 0 atom stereocenters. The number of hydrogen-bond donors (Lipinski definition) is 0. The van der Waals surface area contributed by atoms with Gasteiger partial charge in [0.05, 0.1) is 16.5 Å². The molecular weight excluding hydrogens is 242 g/mol. The minimum absolute atomic E-state index is 0.0276. The number of nitro groups is 1. The van der Waals surface area contributed by atoms with E-state index < -0.39 is 4.92 Å². The molecule has 0 bridgehead atoms. The molecule has 2 rings (SSSR count). The largest absolute Gasteiger partial charge is 0.294 e. The smallest absolute Gasteiger partial charge is 0.258 e.